The van der Waals surface area contributed by atoms with E-state index in [0.717, 1.165) is 21.0 Å². The number of rotatable bonds is 0. The molecule has 4 nitrogen and oxygen atoms in total. The van der Waals surface area contributed by atoms with E-state index in [4.69, 9.17) is 0 Å². The normalized spacial score (nSPS) is 10.6. The molecule has 0 amide bonds. The van der Waals surface area contributed by atoms with Crippen molar-refractivity contribution in [3.8, 4) is 5.88 Å². The van der Waals surface area contributed by atoms with E-state index in [1.807, 2.05) is 30.3 Å². The van der Waals surface area contributed by atoms with Crippen LogP contribution in [0, 0.1) is 0 Å². The Morgan fingerprint density at radius 1 is 1.12 bits per heavy atom. The number of H-pyrrole nitrogens is 1. The van der Waals surface area contributed by atoms with Crippen LogP contribution >= 0.6 is 11.5 Å². The molecule has 3 rings (SSSR count). The second kappa shape index (κ2) is 4.03. The van der Waals surface area contributed by atoms with Crippen LogP contribution in [0.5, 0.6) is 5.88 Å². The Labute approximate surface area is 101 Å². The number of hydrogen-bond donors (Lipinski definition) is 2. The van der Waals surface area contributed by atoms with Gasteiger partial charge in [0.05, 0.1) is 10.2 Å². The number of benzene rings is 1. The van der Waals surface area contributed by atoms with Crippen molar-refractivity contribution in [2.75, 3.05) is 0 Å². The van der Waals surface area contributed by atoms with Crippen LogP contribution in [0.25, 0.3) is 21.0 Å². The standard InChI is InChI=1S/C12H9N3OS/c16-11-6-4-8-3-5-10-9(2-1-7-13-10)12(8)17-15-14-11/h1-7,15H,(H,14,16). The van der Waals surface area contributed by atoms with Gasteiger partial charge in [-0.25, -0.2) is 4.49 Å². The number of nitrogens with one attached hydrogen (secondary N) is 1. The molecule has 0 atom stereocenters. The third kappa shape index (κ3) is 1.81. The maximum Gasteiger partial charge on any atom is 0.229 e. The predicted octanol–water partition coefficient (Wildman–Crippen LogP) is 3.00. The number of aromatic hydroxyl groups is 1. The van der Waals surface area contributed by atoms with E-state index in [1.54, 1.807) is 12.3 Å². The van der Waals surface area contributed by atoms with Gasteiger partial charge in [0, 0.05) is 17.6 Å². The van der Waals surface area contributed by atoms with Crippen molar-refractivity contribution in [3.05, 3.63) is 42.6 Å². The van der Waals surface area contributed by atoms with Crippen LogP contribution in [0.4, 0.5) is 0 Å². The molecule has 0 aliphatic rings. The highest BCUT2D eigenvalue weighted by Crippen LogP contribution is 2.25. The first-order chi connectivity index (χ1) is 8.34. The number of aromatic amines is 1. The van der Waals surface area contributed by atoms with Crippen molar-refractivity contribution >= 4 is 32.5 Å². The fourth-order valence-corrected chi connectivity index (χ4v) is 2.47. The van der Waals surface area contributed by atoms with Crippen molar-refractivity contribution in [3.63, 3.8) is 0 Å². The van der Waals surface area contributed by atoms with E-state index >= 15 is 0 Å². The van der Waals surface area contributed by atoms with E-state index in [-0.39, 0.29) is 5.88 Å². The Morgan fingerprint density at radius 2 is 2.00 bits per heavy atom. The summed E-state index contributed by atoms with van der Waals surface area (Å²) in [5.74, 6) is -0.0329. The lowest BCUT2D eigenvalue weighted by Gasteiger charge is -1.99. The van der Waals surface area contributed by atoms with Crippen LogP contribution in [0.3, 0.4) is 0 Å². The molecule has 0 spiro atoms. The summed E-state index contributed by atoms with van der Waals surface area (Å²) in [6.45, 7) is 0. The topological polar surface area (TPSA) is 61.8 Å². The van der Waals surface area contributed by atoms with Crippen LogP contribution in [-0.4, -0.2) is 19.7 Å². The van der Waals surface area contributed by atoms with Gasteiger partial charge < -0.3 is 5.11 Å². The minimum absolute atomic E-state index is 0.0329. The lowest BCUT2D eigenvalue weighted by molar-refractivity contribution is 0.448. The Balaban J connectivity index is 2.51. The van der Waals surface area contributed by atoms with Gasteiger partial charge >= 0.3 is 0 Å². The number of hydrogen-bond acceptors (Lipinski definition) is 4. The summed E-state index contributed by atoms with van der Waals surface area (Å²) in [5.41, 5.74) is 0.947. The summed E-state index contributed by atoms with van der Waals surface area (Å²) in [5, 5.41) is 15.2. The fraction of sp³-hybridized carbons (Fsp3) is 0. The zero-order valence-corrected chi connectivity index (χ0v) is 9.61. The summed E-state index contributed by atoms with van der Waals surface area (Å²) >= 11 is 1.37. The van der Waals surface area contributed by atoms with Crippen molar-refractivity contribution in [1.29, 1.82) is 0 Å². The van der Waals surface area contributed by atoms with Gasteiger partial charge in [0.15, 0.2) is 0 Å². The SMILES string of the molecule is Oc1ccc2ccc3ncccc3c2s[nH]n1. The summed E-state index contributed by atoms with van der Waals surface area (Å²) in [7, 11) is 0. The molecule has 1 aromatic carbocycles. The van der Waals surface area contributed by atoms with Gasteiger partial charge in [0.25, 0.3) is 0 Å². The van der Waals surface area contributed by atoms with Gasteiger partial charge in [-0.05, 0) is 41.2 Å². The molecule has 0 fully saturated rings. The zero-order valence-electron chi connectivity index (χ0n) is 8.79. The first-order valence-electron chi connectivity index (χ1n) is 5.09. The van der Waals surface area contributed by atoms with Crippen LogP contribution in [0.2, 0.25) is 0 Å². The molecular formula is C12H9N3OS. The van der Waals surface area contributed by atoms with Gasteiger partial charge in [0.1, 0.15) is 0 Å². The fourth-order valence-electron chi connectivity index (χ4n) is 1.70. The Morgan fingerprint density at radius 3 is 2.94 bits per heavy atom. The maximum atomic E-state index is 9.33. The molecule has 0 bridgehead atoms. The molecule has 0 saturated heterocycles. The van der Waals surface area contributed by atoms with Gasteiger partial charge in [-0.15, -0.1) is 5.10 Å². The van der Waals surface area contributed by atoms with Crippen LogP contribution < -0.4 is 0 Å². The number of pyridine rings is 1. The smallest absolute Gasteiger partial charge is 0.229 e. The van der Waals surface area contributed by atoms with Crippen molar-refractivity contribution in [2.24, 2.45) is 0 Å². The lowest BCUT2D eigenvalue weighted by Crippen LogP contribution is -1.79. The number of aromatic nitrogens is 3. The van der Waals surface area contributed by atoms with Gasteiger partial charge in [0.2, 0.25) is 5.88 Å². The Kier molecular flexibility index (Phi) is 2.38. The quantitative estimate of drug-likeness (QED) is 0.638. The molecule has 0 saturated carbocycles. The Bertz CT molecular complexity index is 731. The first kappa shape index (κ1) is 10.0. The van der Waals surface area contributed by atoms with Crippen LogP contribution in [0.1, 0.15) is 0 Å². The summed E-state index contributed by atoms with van der Waals surface area (Å²) < 4.78 is 3.82. The van der Waals surface area contributed by atoms with E-state index in [9.17, 15) is 5.11 Å². The molecule has 5 heteroatoms. The van der Waals surface area contributed by atoms with E-state index < -0.39 is 0 Å². The Hall–Kier alpha value is -2.14. The van der Waals surface area contributed by atoms with E-state index in [2.05, 4.69) is 14.6 Å². The largest absolute Gasteiger partial charge is 0.492 e. The average Bonchev–Trinajstić information content (AvgIpc) is 2.34. The number of fused-ring (bicyclic) bond motifs is 3. The highest BCUT2D eigenvalue weighted by atomic mass is 32.1. The molecule has 0 radical (unpaired) electrons. The minimum atomic E-state index is -0.0329. The van der Waals surface area contributed by atoms with E-state index in [0.29, 0.717) is 0 Å². The third-order valence-corrected chi connectivity index (χ3v) is 3.33. The molecule has 0 aliphatic carbocycles. The minimum Gasteiger partial charge on any atom is -0.492 e. The molecule has 17 heavy (non-hydrogen) atoms. The molecule has 0 aliphatic heterocycles. The molecule has 2 N–H and O–H groups in total. The molecule has 3 aromatic rings. The van der Waals surface area contributed by atoms with Gasteiger partial charge in [-0.2, -0.15) is 0 Å². The van der Waals surface area contributed by atoms with Gasteiger partial charge in [-0.1, -0.05) is 6.07 Å². The summed E-state index contributed by atoms with van der Waals surface area (Å²) in [4.78, 5) is 4.31. The molecule has 2 heterocycles. The van der Waals surface area contributed by atoms with Crippen molar-refractivity contribution < 1.29 is 5.11 Å². The molecular weight excluding hydrogens is 234 g/mol. The molecule has 0 unspecified atom stereocenters. The van der Waals surface area contributed by atoms with Gasteiger partial charge in [-0.3, -0.25) is 4.98 Å². The van der Waals surface area contributed by atoms with Crippen LogP contribution in [-0.2, 0) is 0 Å². The summed E-state index contributed by atoms with van der Waals surface area (Å²) in [6.07, 6.45) is 1.77. The second-order valence-corrected chi connectivity index (χ2v) is 4.35. The lowest BCUT2D eigenvalue weighted by atomic mass is 10.1. The first-order valence-corrected chi connectivity index (χ1v) is 5.90. The zero-order chi connectivity index (χ0) is 11.7. The van der Waals surface area contributed by atoms with E-state index in [1.165, 1.54) is 11.5 Å². The number of nitrogens with zero attached hydrogens (tertiary/aromatic N) is 2. The second-order valence-electron chi connectivity index (χ2n) is 3.55. The third-order valence-electron chi connectivity index (χ3n) is 2.49. The molecule has 84 valence electrons. The highest BCUT2D eigenvalue weighted by Gasteiger charge is 1.99. The average molecular weight is 243 g/mol. The van der Waals surface area contributed by atoms with Crippen molar-refractivity contribution in [2.45, 2.75) is 0 Å². The maximum absolute atomic E-state index is 9.33. The van der Waals surface area contributed by atoms with Crippen molar-refractivity contribution in [1.82, 2.24) is 14.6 Å². The summed E-state index contributed by atoms with van der Waals surface area (Å²) in [6, 6.07) is 11.3. The monoisotopic (exact) mass is 243 g/mol. The molecule has 2 aromatic heterocycles. The highest BCUT2D eigenvalue weighted by molar-refractivity contribution is 7.13. The van der Waals surface area contributed by atoms with Crippen LogP contribution in [0.15, 0.2) is 42.6 Å². The predicted molar refractivity (Wildman–Crippen MR) is 68.6 cm³/mol.